The average Bonchev–Trinajstić information content (AvgIpc) is 3.16. The number of hydrogen-bond acceptors (Lipinski definition) is 6. The van der Waals surface area contributed by atoms with E-state index in [0.717, 1.165) is 5.57 Å². The molecule has 9 heteroatoms. The first-order valence-electron chi connectivity index (χ1n) is 9.42. The van der Waals surface area contributed by atoms with E-state index in [1.54, 1.807) is 35.4 Å². The number of alkyl halides is 3. The quantitative estimate of drug-likeness (QED) is 0.655. The van der Waals surface area contributed by atoms with Crippen LogP contribution in [0, 0.1) is 11.8 Å². The number of aromatic nitrogens is 2. The van der Waals surface area contributed by atoms with E-state index in [9.17, 15) is 13.2 Å². The largest absolute Gasteiger partial charge is 0.404 e. The van der Waals surface area contributed by atoms with Crippen LogP contribution in [0.4, 0.5) is 24.7 Å². The molecule has 5 N–H and O–H groups in total. The number of fused-ring (bicyclic) bond motifs is 1. The second-order valence-electron chi connectivity index (χ2n) is 7.45. The monoisotopic (exact) mass is 406 g/mol. The van der Waals surface area contributed by atoms with Gasteiger partial charge in [0.15, 0.2) is 0 Å². The first-order chi connectivity index (χ1) is 13.7. The van der Waals surface area contributed by atoms with E-state index in [1.807, 2.05) is 13.8 Å². The van der Waals surface area contributed by atoms with Crippen molar-refractivity contribution < 1.29 is 13.2 Å². The van der Waals surface area contributed by atoms with Crippen LogP contribution >= 0.6 is 0 Å². The lowest BCUT2D eigenvalue weighted by molar-refractivity contribution is -0.168. The molecule has 29 heavy (non-hydrogen) atoms. The van der Waals surface area contributed by atoms with Gasteiger partial charge in [-0.05, 0) is 48.4 Å². The number of pyridine rings is 2. The number of anilines is 2. The van der Waals surface area contributed by atoms with Crippen LogP contribution in [0.15, 0.2) is 48.1 Å². The lowest BCUT2D eigenvalue weighted by Crippen LogP contribution is -2.27. The summed E-state index contributed by atoms with van der Waals surface area (Å²) in [7, 11) is 0. The van der Waals surface area contributed by atoms with Gasteiger partial charge in [0, 0.05) is 13.1 Å². The third-order valence-corrected chi connectivity index (χ3v) is 4.99. The van der Waals surface area contributed by atoms with Crippen molar-refractivity contribution >= 4 is 22.5 Å². The summed E-state index contributed by atoms with van der Waals surface area (Å²) in [5.41, 5.74) is 14.4. The summed E-state index contributed by atoms with van der Waals surface area (Å²) < 4.78 is 38.9. The van der Waals surface area contributed by atoms with Crippen LogP contribution in [-0.4, -0.2) is 29.2 Å². The molecule has 156 valence electrons. The van der Waals surface area contributed by atoms with Gasteiger partial charge in [-0.2, -0.15) is 13.2 Å². The fraction of sp³-hybridized carbons (Fsp3) is 0.400. The molecule has 0 amide bonds. The summed E-state index contributed by atoms with van der Waals surface area (Å²) in [4.78, 5) is 10.5. The lowest BCUT2D eigenvalue weighted by atomic mass is 10.0. The molecule has 0 radical (unpaired) electrons. The number of nitrogens with one attached hydrogen (secondary N) is 1. The number of hydrogen-bond donors (Lipinski definition) is 3. The van der Waals surface area contributed by atoms with Crippen LogP contribution in [0.1, 0.15) is 20.3 Å². The van der Waals surface area contributed by atoms with Crippen LogP contribution in [0.2, 0.25) is 0 Å². The van der Waals surface area contributed by atoms with E-state index >= 15 is 0 Å². The van der Waals surface area contributed by atoms with Gasteiger partial charge in [0.25, 0.3) is 0 Å². The van der Waals surface area contributed by atoms with Gasteiger partial charge in [-0.15, -0.1) is 0 Å². The number of rotatable bonds is 5. The van der Waals surface area contributed by atoms with Crippen molar-refractivity contribution in [3.8, 4) is 0 Å². The zero-order chi connectivity index (χ0) is 21.2. The van der Waals surface area contributed by atoms with Crippen LogP contribution in [0.5, 0.6) is 0 Å². The fourth-order valence-electron chi connectivity index (χ4n) is 3.27. The maximum Gasteiger partial charge on any atom is 0.393 e. The third kappa shape index (κ3) is 4.90. The molecule has 0 saturated carbocycles. The highest BCUT2D eigenvalue weighted by molar-refractivity contribution is 5.79. The first-order valence-corrected chi connectivity index (χ1v) is 9.42. The molecule has 6 nitrogen and oxygen atoms in total. The molecule has 3 heterocycles. The molecular formula is C20H25F3N6. The molecule has 0 aliphatic carbocycles. The Hall–Kier alpha value is -2.97. The minimum absolute atomic E-state index is 0.0618. The molecule has 2 aromatic rings. The van der Waals surface area contributed by atoms with Gasteiger partial charge in [0.05, 0.1) is 28.8 Å². The van der Waals surface area contributed by atoms with Crippen molar-refractivity contribution in [1.82, 2.24) is 9.97 Å². The molecule has 1 aliphatic heterocycles. The minimum Gasteiger partial charge on any atom is -0.404 e. The third-order valence-electron chi connectivity index (χ3n) is 4.99. The van der Waals surface area contributed by atoms with Crippen molar-refractivity contribution in [3.63, 3.8) is 0 Å². The Morgan fingerprint density at radius 2 is 2.07 bits per heavy atom. The molecule has 1 unspecified atom stereocenters. The summed E-state index contributed by atoms with van der Waals surface area (Å²) >= 11 is 0. The summed E-state index contributed by atoms with van der Waals surface area (Å²) in [6, 6.07) is 5.28. The maximum absolute atomic E-state index is 13.0. The normalized spacial score (nSPS) is 18.7. The van der Waals surface area contributed by atoms with Crippen LogP contribution in [0.25, 0.3) is 11.0 Å². The van der Waals surface area contributed by atoms with Gasteiger partial charge in [-0.3, -0.25) is 4.98 Å². The van der Waals surface area contributed by atoms with E-state index in [1.165, 1.54) is 6.20 Å². The van der Waals surface area contributed by atoms with Gasteiger partial charge < -0.3 is 21.7 Å². The van der Waals surface area contributed by atoms with Gasteiger partial charge in [0.2, 0.25) is 0 Å². The van der Waals surface area contributed by atoms with E-state index in [2.05, 4.69) is 15.3 Å². The molecular weight excluding hydrogens is 381 g/mol. The molecule has 0 spiro atoms. The van der Waals surface area contributed by atoms with E-state index in [4.69, 9.17) is 11.5 Å². The van der Waals surface area contributed by atoms with Gasteiger partial charge in [-0.25, -0.2) is 4.98 Å². The summed E-state index contributed by atoms with van der Waals surface area (Å²) in [6.45, 7) is 4.29. The van der Waals surface area contributed by atoms with Crippen LogP contribution in [-0.2, 0) is 0 Å². The molecule has 1 aliphatic rings. The van der Waals surface area contributed by atoms with Crippen LogP contribution < -0.4 is 21.7 Å². The van der Waals surface area contributed by atoms with Gasteiger partial charge in [0.1, 0.15) is 11.6 Å². The van der Waals surface area contributed by atoms with E-state index < -0.39 is 12.1 Å². The highest BCUT2D eigenvalue weighted by Gasteiger charge is 2.43. The van der Waals surface area contributed by atoms with Crippen molar-refractivity contribution in [2.45, 2.75) is 26.4 Å². The van der Waals surface area contributed by atoms with Crippen molar-refractivity contribution in [3.05, 3.63) is 48.1 Å². The zero-order valence-corrected chi connectivity index (χ0v) is 16.4. The number of nitrogens with zero attached hydrogens (tertiary/aromatic N) is 3. The summed E-state index contributed by atoms with van der Waals surface area (Å²) in [6.07, 6.45) is 0.751. The predicted molar refractivity (Wildman–Crippen MR) is 109 cm³/mol. The maximum atomic E-state index is 13.0. The Kier molecular flexibility index (Phi) is 5.86. The molecule has 0 aromatic carbocycles. The molecule has 3 rings (SSSR count). The van der Waals surface area contributed by atoms with Gasteiger partial charge in [-0.1, -0.05) is 13.8 Å². The first kappa shape index (κ1) is 20.8. The number of allylic oxidation sites excluding steroid dienone is 2. The van der Waals surface area contributed by atoms with E-state index in [-0.39, 0.29) is 18.9 Å². The van der Waals surface area contributed by atoms with Gasteiger partial charge >= 0.3 is 6.18 Å². The smallest absolute Gasteiger partial charge is 0.393 e. The Labute approximate surface area is 167 Å². The number of nitrogens with two attached hydrogens (primary N) is 2. The molecule has 0 bridgehead atoms. The summed E-state index contributed by atoms with van der Waals surface area (Å²) in [5, 5.41) is 3.01. The van der Waals surface area contributed by atoms with E-state index in [0.29, 0.717) is 34.9 Å². The van der Waals surface area contributed by atoms with Crippen molar-refractivity contribution in [1.29, 1.82) is 0 Å². The minimum atomic E-state index is -4.18. The number of halogens is 3. The Morgan fingerprint density at radius 1 is 1.31 bits per heavy atom. The molecule has 1 atom stereocenters. The molecule has 1 fully saturated rings. The highest BCUT2D eigenvalue weighted by atomic mass is 19.4. The highest BCUT2D eigenvalue weighted by Crippen LogP contribution is 2.35. The summed E-state index contributed by atoms with van der Waals surface area (Å²) in [5.74, 6) is -0.189. The van der Waals surface area contributed by atoms with Crippen molar-refractivity contribution in [2.24, 2.45) is 23.3 Å². The Bertz CT molecular complexity index is 935. The molecule has 2 aromatic heterocycles. The Balaban J connectivity index is 1.80. The van der Waals surface area contributed by atoms with Crippen molar-refractivity contribution in [2.75, 3.05) is 23.3 Å². The fourth-order valence-corrected chi connectivity index (χ4v) is 3.27. The average molecular weight is 406 g/mol. The second kappa shape index (κ2) is 8.18. The second-order valence-corrected chi connectivity index (χ2v) is 7.45. The zero-order valence-electron chi connectivity index (χ0n) is 16.4. The topological polar surface area (TPSA) is 93.1 Å². The lowest BCUT2D eigenvalue weighted by Gasteiger charge is -2.19. The SMILES string of the molecule is CC(C)C(=C/N)/C=C(\N)Nc1ccc2ncc(N3CCC(C(F)(F)F)C3)cc2n1. The van der Waals surface area contributed by atoms with Crippen LogP contribution in [0.3, 0.4) is 0 Å². The Morgan fingerprint density at radius 3 is 2.69 bits per heavy atom. The standard InChI is InChI=1S/C20H25F3N6/c1-12(2)13(9-24)7-18(25)28-19-4-3-16-17(27-19)8-15(10-26-16)29-6-5-14(11-29)20(21,22)23/h3-4,7-10,12,14H,5-6,11,24-25H2,1-2H3,(H,27,28)/b13-9+,18-7+. The predicted octanol–water partition coefficient (Wildman–Crippen LogP) is 3.73. The molecule has 1 saturated heterocycles.